The number of ether oxygens (including phenoxy) is 2. The summed E-state index contributed by atoms with van der Waals surface area (Å²) in [6, 6.07) is 22.1. The predicted octanol–water partition coefficient (Wildman–Crippen LogP) is 8.56. The molecule has 1 aliphatic rings. The molecule has 222 valence electrons. The summed E-state index contributed by atoms with van der Waals surface area (Å²) in [5.74, 6) is 1.36. The number of rotatable bonds is 8. The van der Waals surface area contributed by atoms with Crippen LogP contribution in [0, 0.1) is 40.0 Å². The van der Waals surface area contributed by atoms with Gasteiger partial charge < -0.3 is 14.4 Å². The number of hydrogen-bond acceptors (Lipinski definition) is 7. The minimum absolute atomic E-state index is 0.0563. The third kappa shape index (κ3) is 9.93. The van der Waals surface area contributed by atoms with Crippen LogP contribution in [-0.4, -0.2) is 28.7 Å². The van der Waals surface area contributed by atoms with E-state index < -0.39 is 6.10 Å². The molecule has 1 aliphatic carbocycles. The number of carbonyl (C=O) groups is 1. The minimum atomic E-state index is -0.986. The van der Waals surface area contributed by atoms with E-state index in [9.17, 15) is 10.1 Å². The van der Waals surface area contributed by atoms with E-state index in [1.54, 1.807) is 49.6 Å². The molecular formula is C32H30Br2ClN5O3. The van der Waals surface area contributed by atoms with Crippen LogP contribution in [0.4, 0.5) is 0 Å². The average Bonchev–Trinajstić information content (AvgIpc) is 3.52. The lowest BCUT2D eigenvalue weighted by Gasteiger charge is -2.17. The smallest absolute Gasteiger partial charge is 0.311 e. The molecule has 0 radical (unpaired) electrons. The Morgan fingerprint density at radius 3 is 2.44 bits per heavy atom. The molecule has 0 bridgehead atoms. The molecule has 0 aliphatic heterocycles. The molecule has 0 N–H and O–H groups in total. The van der Waals surface area contributed by atoms with Gasteiger partial charge in [0.05, 0.1) is 9.31 Å². The summed E-state index contributed by atoms with van der Waals surface area (Å²) in [7, 11) is 1.87. The molecule has 3 aromatic rings. The highest BCUT2D eigenvalue weighted by molar-refractivity contribution is 9.28. The van der Waals surface area contributed by atoms with Crippen LogP contribution in [0.25, 0.3) is 0 Å². The Labute approximate surface area is 273 Å². The molecule has 2 aromatic carbocycles. The topological polar surface area (TPSA) is 112 Å². The number of aliphatic imine (C=N–C) groups is 1. The zero-order chi connectivity index (χ0) is 31.6. The predicted molar refractivity (Wildman–Crippen MR) is 174 cm³/mol. The zero-order valence-electron chi connectivity index (χ0n) is 24.0. The standard InChI is InChI=1S/C22H19Br2NO3.C10H11ClN4/c1-22(2)17(12-19(23)24)20(22)21(26)28-18(13-25)14-7-6-10-16(11-14)27-15-8-4-3-5-9-15;1-8(14-7-12)15(2)6-9-3-4-10(11)13-5-9/h3-12,17-18,20H,1-2H3;3-5H,6H2,1-2H3/b;14-8+/t17-,18+,20-;/m0./s1. The second kappa shape index (κ2) is 15.7. The second-order valence-electron chi connectivity index (χ2n) is 10.3. The Morgan fingerprint density at radius 1 is 1.14 bits per heavy atom. The normalized spacial score (nSPS) is 17.1. The maximum atomic E-state index is 12.7. The van der Waals surface area contributed by atoms with E-state index in [1.165, 1.54) is 0 Å². The van der Waals surface area contributed by atoms with E-state index in [4.69, 9.17) is 26.3 Å². The number of nitriles is 2. The third-order valence-electron chi connectivity index (χ3n) is 6.93. The third-order valence-corrected chi connectivity index (χ3v) is 7.69. The number of hydrogen-bond donors (Lipinski definition) is 0. The van der Waals surface area contributed by atoms with Gasteiger partial charge >= 0.3 is 5.97 Å². The monoisotopic (exact) mass is 725 g/mol. The molecule has 1 aromatic heterocycles. The molecule has 0 unspecified atom stereocenters. The molecule has 0 spiro atoms. The SMILES string of the molecule is C/C(=N\C#N)N(C)Cc1ccc(Cl)nc1.CC1(C)[C@H](C(=O)O[C@H](C#N)c2cccc(Oc3ccccc3)c2)[C@@H]1C=C(Br)Br. The summed E-state index contributed by atoms with van der Waals surface area (Å²) in [5.41, 5.74) is 1.40. The van der Waals surface area contributed by atoms with Gasteiger partial charge in [-0.25, -0.2) is 4.98 Å². The van der Waals surface area contributed by atoms with Gasteiger partial charge in [-0.05, 0) is 86.0 Å². The summed E-state index contributed by atoms with van der Waals surface area (Å²) in [6.45, 7) is 6.46. The van der Waals surface area contributed by atoms with E-state index in [1.807, 2.05) is 68.3 Å². The summed E-state index contributed by atoms with van der Waals surface area (Å²) < 4.78 is 12.2. The quantitative estimate of drug-likeness (QED) is 0.0752. The number of pyridine rings is 1. The largest absolute Gasteiger partial charge is 0.457 e. The van der Waals surface area contributed by atoms with Crippen molar-refractivity contribution in [1.29, 1.82) is 10.5 Å². The average molecular weight is 728 g/mol. The number of esters is 1. The Morgan fingerprint density at radius 2 is 1.84 bits per heavy atom. The fourth-order valence-electron chi connectivity index (χ4n) is 4.34. The van der Waals surface area contributed by atoms with Gasteiger partial charge in [0.25, 0.3) is 0 Å². The van der Waals surface area contributed by atoms with Crippen LogP contribution in [-0.2, 0) is 16.1 Å². The van der Waals surface area contributed by atoms with Gasteiger partial charge in [0, 0.05) is 25.4 Å². The van der Waals surface area contributed by atoms with Crippen molar-refractivity contribution in [2.24, 2.45) is 22.2 Å². The number of amidine groups is 1. The molecule has 0 amide bonds. The summed E-state index contributed by atoms with van der Waals surface area (Å²) in [5, 5.41) is 18.4. The fourth-order valence-corrected chi connectivity index (χ4v) is 5.03. The fraction of sp³-hybridized carbons (Fsp3) is 0.281. The molecule has 43 heavy (non-hydrogen) atoms. The van der Waals surface area contributed by atoms with Crippen molar-refractivity contribution >= 4 is 55.3 Å². The molecule has 0 saturated heterocycles. The molecule has 3 atom stereocenters. The molecule has 8 nitrogen and oxygen atoms in total. The summed E-state index contributed by atoms with van der Waals surface area (Å²) >= 11 is 12.3. The number of aromatic nitrogens is 1. The van der Waals surface area contributed by atoms with E-state index in [-0.39, 0.29) is 23.2 Å². The zero-order valence-corrected chi connectivity index (χ0v) is 28.0. The van der Waals surface area contributed by atoms with Crippen molar-refractivity contribution in [3.05, 3.63) is 98.7 Å². The number of carbonyl (C=O) groups excluding carboxylic acids is 1. The van der Waals surface area contributed by atoms with Gasteiger partial charge in [-0.1, -0.05) is 67.9 Å². The Balaban J connectivity index is 0.000000285. The van der Waals surface area contributed by atoms with Gasteiger partial charge in [0.15, 0.2) is 0 Å². The minimum Gasteiger partial charge on any atom is -0.457 e. The molecule has 1 saturated carbocycles. The van der Waals surface area contributed by atoms with Gasteiger partial charge in [0.2, 0.25) is 12.3 Å². The van der Waals surface area contributed by atoms with Crippen molar-refractivity contribution in [2.75, 3.05) is 7.05 Å². The number of para-hydroxylation sites is 1. The number of allylic oxidation sites excluding steroid dienone is 1. The lowest BCUT2D eigenvalue weighted by atomic mass is 10.1. The highest BCUT2D eigenvalue weighted by Gasteiger charge is 2.61. The van der Waals surface area contributed by atoms with Crippen LogP contribution in [0.3, 0.4) is 0 Å². The van der Waals surface area contributed by atoms with Gasteiger partial charge in [-0.3, -0.25) is 4.79 Å². The molecule has 1 heterocycles. The first-order chi connectivity index (χ1) is 20.5. The van der Waals surface area contributed by atoms with Crippen molar-refractivity contribution in [2.45, 2.75) is 33.4 Å². The van der Waals surface area contributed by atoms with Crippen molar-refractivity contribution in [3.8, 4) is 23.8 Å². The number of benzene rings is 2. The highest BCUT2D eigenvalue weighted by Crippen LogP contribution is 2.60. The molecular weight excluding hydrogens is 698 g/mol. The lowest BCUT2D eigenvalue weighted by molar-refractivity contribution is -0.149. The Hall–Kier alpha value is -3.70. The highest BCUT2D eigenvalue weighted by atomic mass is 79.9. The van der Waals surface area contributed by atoms with E-state index in [0.717, 1.165) is 8.96 Å². The van der Waals surface area contributed by atoms with E-state index in [0.29, 0.717) is 34.6 Å². The summed E-state index contributed by atoms with van der Waals surface area (Å²) in [4.78, 5) is 22.1. The first-order valence-electron chi connectivity index (χ1n) is 13.2. The number of nitrogens with zero attached hydrogens (tertiary/aromatic N) is 5. The van der Waals surface area contributed by atoms with Crippen LogP contribution in [0.15, 0.2) is 87.4 Å². The van der Waals surface area contributed by atoms with E-state index in [2.05, 4.69) is 47.9 Å². The first-order valence-corrected chi connectivity index (χ1v) is 15.1. The van der Waals surface area contributed by atoms with Gasteiger partial charge in [-0.15, -0.1) is 0 Å². The van der Waals surface area contributed by atoms with Crippen LogP contribution in [0.1, 0.15) is 38.0 Å². The van der Waals surface area contributed by atoms with Crippen molar-refractivity contribution in [1.82, 2.24) is 9.88 Å². The summed E-state index contributed by atoms with van der Waals surface area (Å²) in [6.07, 6.45) is 4.42. The van der Waals surface area contributed by atoms with E-state index >= 15 is 0 Å². The lowest BCUT2D eigenvalue weighted by Crippen LogP contribution is -2.23. The maximum Gasteiger partial charge on any atom is 0.311 e. The van der Waals surface area contributed by atoms with Crippen LogP contribution in [0.2, 0.25) is 5.15 Å². The van der Waals surface area contributed by atoms with Crippen LogP contribution >= 0.6 is 43.5 Å². The van der Waals surface area contributed by atoms with Crippen molar-refractivity contribution in [3.63, 3.8) is 0 Å². The molecule has 11 heteroatoms. The molecule has 4 rings (SSSR count). The Kier molecular flexibility index (Phi) is 12.3. The van der Waals surface area contributed by atoms with Crippen molar-refractivity contribution < 1.29 is 14.3 Å². The first kappa shape index (κ1) is 33.8. The molecule has 1 fully saturated rings. The van der Waals surface area contributed by atoms with Crippen LogP contribution in [0.5, 0.6) is 11.5 Å². The van der Waals surface area contributed by atoms with Crippen LogP contribution < -0.4 is 4.74 Å². The maximum absolute atomic E-state index is 12.7. The van der Waals surface area contributed by atoms with Gasteiger partial charge in [-0.2, -0.15) is 15.5 Å². The second-order valence-corrected chi connectivity index (χ2v) is 13.5. The number of halogens is 3. The van der Waals surface area contributed by atoms with Gasteiger partial charge in [0.1, 0.15) is 28.6 Å². The Bertz CT molecular complexity index is 1550.